The summed E-state index contributed by atoms with van der Waals surface area (Å²) in [5.74, 6) is -1.78. The van der Waals surface area contributed by atoms with Gasteiger partial charge in [-0.2, -0.15) is 0 Å². The van der Waals surface area contributed by atoms with E-state index in [9.17, 15) is 17.2 Å². The molecule has 8 heteroatoms. The number of nitrogen functional groups attached to an aromatic ring is 1. The number of methoxy groups -OCH3 is 1. The lowest BCUT2D eigenvalue weighted by molar-refractivity contribution is 0.403. The van der Waals surface area contributed by atoms with E-state index in [0.717, 1.165) is 12.1 Å². The molecule has 0 aliphatic rings. The summed E-state index contributed by atoms with van der Waals surface area (Å²) >= 11 is 0. The number of anilines is 2. The highest BCUT2D eigenvalue weighted by Crippen LogP contribution is 2.28. The molecule has 2 aromatic carbocycles. The molecule has 3 N–H and O–H groups in total. The highest BCUT2D eigenvalue weighted by atomic mass is 32.2. The molecule has 0 heterocycles. The Morgan fingerprint density at radius 2 is 1.86 bits per heavy atom. The van der Waals surface area contributed by atoms with Crippen LogP contribution in [0.15, 0.2) is 41.3 Å². The second-order valence-electron chi connectivity index (χ2n) is 4.14. The molecule has 0 aliphatic carbocycles. The van der Waals surface area contributed by atoms with E-state index in [0.29, 0.717) is 6.07 Å². The number of hydrogen-bond acceptors (Lipinski definition) is 4. The highest BCUT2D eigenvalue weighted by molar-refractivity contribution is 7.92. The third-order valence-electron chi connectivity index (χ3n) is 2.65. The minimum absolute atomic E-state index is 0.0548. The van der Waals surface area contributed by atoms with Crippen molar-refractivity contribution < 1.29 is 21.9 Å². The molecule has 5 nitrogen and oxygen atoms in total. The van der Waals surface area contributed by atoms with Crippen LogP contribution in [0.4, 0.5) is 20.2 Å². The van der Waals surface area contributed by atoms with E-state index in [4.69, 9.17) is 10.5 Å². The molecule has 0 amide bonds. The lowest BCUT2D eigenvalue weighted by Gasteiger charge is -2.12. The molecule has 21 heavy (non-hydrogen) atoms. The number of hydrogen-bond donors (Lipinski definition) is 2. The number of ether oxygens (including phenoxy) is 1. The topological polar surface area (TPSA) is 81.4 Å². The molecule has 0 unspecified atom stereocenters. The van der Waals surface area contributed by atoms with E-state index in [1.807, 2.05) is 4.72 Å². The summed E-state index contributed by atoms with van der Waals surface area (Å²) < 4.78 is 57.9. The van der Waals surface area contributed by atoms with Crippen LogP contribution in [0.2, 0.25) is 0 Å². The van der Waals surface area contributed by atoms with Crippen molar-refractivity contribution in [1.29, 1.82) is 0 Å². The van der Waals surface area contributed by atoms with E-state index in [-0.39, 0.29) is 22.0 Å². The zero-order valence-corrected chi connectivity index (χ0v) is 11.7. The molecule has 0 saturated carbocycles. The Morgan fingerprint density at radius 3 is 2.48 bits per heavy atom. The summed E-state index contributed by atoms with van der Waals surface area (Å²) in [4.78, 5) is -0.242. The van der Waals surface area contributed by atoms with Crippen LogP contribution in [-0.2, 0) is 10.0 Å². The number of nitrogens with one attached hydrogen (secondary N) is 1. The van der Waals surface area contributed by atoms with Gasteiger partial charge in [0.2, 0.25) is 0 Å². The first kappa shape index (κ1) is 15.0. The first-order valence-electron chi connectivity index (χ1n) is 5.75. The second kappa shape index (κ2) is 5.57. The summed E-state index contributed by atoms with van der Waals surface area (Å²) in [6, 6.07) is 6.54. The van der Waals surface area contributed by atoms with Crippen molar-refractivity contribution in [3.63, 3.8) is 0 Å². The lowest BCUT2D eigenvalue weighted by atomic mass is 10.3. The summed E-state index contributed by atoms with van der Waals surface area (Å²) in [6.07, 6.45) is 0. The molecule has 0 spiro atoms. The minimum Gasteiger partial charge on any atom is -0.495 e. The first-order chi connectivity index (χ1) is 9.83. The van der Waals surface area contributed by atoms with Gasteiger partial charge >= 0.3 is 0 Å². The van der Waals surface area contributed by atoms with Gasteiger partial charge in [-0.15, -0.1) is 0 Å². The number of sulfonamides is 1. The fourth-order valence-corrected chi connectivity index (χ4v) is 2.95. The third-order valence-corrected chi connectivity index (χ3v) is 4.04. The van der Waals surface area contributed by atoms with Crippen LogP contribution in [0.25, 0.3) is 0 Å². The molecule has 112 valence electrons. The van der Waals surface area contributed by atoms with E-state index in [1.54, 1.807) is 0 Å². The number of halogens is 2. The smallest absolute Gasteiger partial charge is 0.265 e. The average molecular weight is 314 g/mol. The predicted octanol–water partition coefficient (Wildman–Crippen LogP) is 2.36. The molecule has 0 fully saturated rings. The van der Waals surface area contributed by atoms with Crippen molar-refractivity contribution in [3.05, 3.63) is 48.0 Å². The third kappa shape index (κ3) is 3.22. The Kier molecular flexibility index (Phi) is 3.99. The van der Waals surface area contributed by atoms with Crippen molar-refractivity contribution in [3.8, 4) is 5.75 Å². The summed E-state index contributed by atoms with van der Waals surface area (Å²) in [5, 5.41) is 0. The second-order valence-corrected chi connectivity index (χ2v) is 5.79. The van der Waals surface area contributed by atoms with Crippen molar-refractivity contribution >= 4 is 21.4 Å². The Labute approximate surface area is 120 Å². The maximum atomic E-state index is 13.5. The van der Waals surface area contributed by atoms with E-state index in [1.165, 1.54) is 25.3 Å². The monoisotopic (exact) mass is 314 g/mol. The van der Waals surface area contributed by atoms with Crippen LogP contribution in [0.5, 0.6) is 5.75 Å². The van der Waals surface area contributed by atoms with E-state index >= 15 is 0 Å². The van der Waals surface area contributed by atoms with Crippen LogP contribution in [-0.4, -0.2) is 15.5 Å². The molecule has 0 saturated heterocycles. The molecule has 2 aromatic rings. The lowest BCUT2D eigenvalue weighted by Crippen LogP contribution is -2.15. The Morgan fingerprint density at radius 1 is 1.14 bits per heavy atom. The molecule has 0 aromatic heterocycles. The fraction of sp³-hybridized carbons (Fsp3) is 0.0769. The van der Waals surface area contributed by atoms with Gasteiger partial charge in [0.05, 0.1) is 12.8 Å². The SMILES string of the molecule is COc1ccc(N)cc1S(=O)(=O)Nc1ccc(F)cc1F. The van der Waals surface area contributed by atoms with E-state index < -0.39 is 21.7 Å². The highest BCUT2D eigenvalue weighted by Gasteiger charge is 2.21. The molecular weight excluding hydrogens is 302 g/mol. The zero-order chi connectivity index (χ0) is 15.6. The maximum Gasteiger partial charge on any atom is 0.265 e. The van der Waals surface area contributed by atoms with Crippen LogP contribution in [0.1, 0.15) is 0 Å². The van der Waals surface area contributed by atoms with Gasteiger partial charge in [-0.05, 0) is 30.3 Å². The number of nitrogens with two attached hydrogens (primary N) is 1. The number of rotatable bonds is 4. The molecule has 0 radical (unpaired) electrons. The quantitative estimate of drug-likeness (QED) is 0.849. The van der Waals surface area contributed by atoms with Crippen LogP contribution < -0.4 is 15.2 Å². The maximum absolute atomic E-state index is 13.5. The summed E-state index contributed by atoms with van der Waals surface area (Å²) in [7, 11) is -2.84. The minimum atomic E-state index is -4.13. The number of benzene rings is 2. The van der Waals surface area contributed by atoms with Gasteiger partial charge in [-0.3, -0.25) is 4.72 Å². The fourth-order valence-electron chi connectivity index (χ4n) is 1.68. The van der Waals surface area contributed by atoms with Gasteiger partial charge in [0.15, 0.2) is 0 Å². The van der Waals surface area contributed by atoms with Crippen molar-refractivity contribution in [2.45, 2.75) is 4.90 Å². The molecule has 0 aliphatic heterocycles. The van der Waals surface area contributed by atoms with Gasteiger partial charge < -0.3 is 10.5 Å². The Hall–Kier alpha value is -2.35. The summed E-state index contributed by atoms with van der Waals surface area (Å²) in [6.45, 7) is 0. The molecule has 0 atom stereocenters. The first-order valence-corrected chi connectivity index (χ1v) is 7.23. The predicted molar refractivity (Wildman–Crippen MR) is 74.6 cm³/mol. The Balaban J connectivity index is 2.45. The van der Waals surface area contributed by atoms with Crippen molar-refractivity contribution in [2.24, 2.45) is 0 Å². The van der Waals surface area contributed by atoms with Gasteiger partial charge in [0, 0.05) is 11.8 Å². The van der Waals surface area contributed by atoms with Crippen LogP contribution >= 0.6 is 0 Å². The molecule has 0 bridgehead atoms. The average Bonchev–Trinajstić information content (AvgIpc) is 2.42. The van der Waals surface area contributed by atoms with Crippen LogP contribution in [0, 0.1) is 11.6 Å². The van der Waals surface area contributed by atoms with Crippen molar-refractivity contribution in [1.82, 2.24) is 0 Å². The normalized spacial score (nSPS) is 11.2. The van der Waals surface area contributed by atoms with Gasteiger partial charge in [0.25, 0.3) is 10.0 Å². The van der Waals surface area contributed by atoms with Crippen molar-refractivity contribution in [2.75, 3.05) is 17.6 Å². The standard InChI is InChI=1S/C13H12F2N2O3S/c1-20-12-5-3-9(16)7-13(12)21(18,19)17-11-4-2-8(14)6-10(11)15/h2-7,17H,16H2,1H3. The zero-order valence-electron chi connectivity index (χ0n) is 10.9. The molecule has 2 rings (SSSR count). The van der Waals surface area contributed by atoms with Gasteiger partial charge in [0.1, 0.15) is 22.3 Å². The van der Waals surface area contributed by atoms with Gasteiger partial charge in [-0.1, -0.05) is 0 Å². The van der Waals surface area contributed by atoms with Gasteiger partial charge in [-0.25, -0.2) is 17.2 Å². The largest absolute Gasteiger partial charge is 0.495 e. The molecular formula is C13H12F2N2O3S. The summed E-state index contributed by atoms with van der Waals surface area (Å²) in [5.41, 5.74) is 5.38. The van der Waals surface area contributed by atoms with Crippen LogP contribution in [0.3, 0.4) is 0 Å². The Bertz CT molecular complexity index is 779. The van der Waals surface area contributed by atoms with E-state index in [2.05, 4.69) is 0 Å².